The van der Waals surface area contributed by atoms with Crippen molar-refractivity contribution in [2.24, 2.45) is 0 Å². The Hall–Kier alpha value is -0.590. The molecule has 1 atom stereocenters. The van der Waals surface area contributed by atoms with Crippen molar-refractivity contribution >= 4 is 0 Å². The van der Waals surface area contributed by atoms with Crippen LogP contribution in [0.5, 0.6) is 0 Å². The highest BCUT2D eigenvalue weighted by Crippen LogP contribution is 1.94. The lowest BCUT2D eigenvalue weighted by Crippen LogP contribution is -2.31. The Morgan fingerprint density at radius 3 is 2.42 bits per heavy atom. The minimum Gasteiger partial charge on any atom is -0.377 e. The fraction of sp³-hybridized carbons (Fsp3) is 0.889. The van der Waals surface area contributed by atoms with Crippen molar-refractivity contribution in [3.05, 3.63) is 0 Å². The molecule has 0 amide bonds. The maximum atomic E-state index is 8.58. The second kappa shape index (κ2) is 5.99. The molecule has 0 heterocycles. The minimum absolute atomic E-state index is 0.0271. The van der Waals surface area contributed by atoms with Crippen LogP contribution in [0.2, 0.25) is 0 Å². The molecule has 0 fully saturated rings. The monoisotopic (exact) mass is 170 g/mol. The Kier molecular flexibility index (Phi) is 5.69. The lowest BCUT2D eigenvalue weighted by Gasteiger charge is -2.19. The Bertz CT molecular complexity index is 151. The topological polar surface area (TPSA) is 36.3 Å². The van der Waals surface area contributed by atoms with E-state index in [1.807, 2.05) is 32.7 Å². The third kappa shape index (κ3) is 5.11. The van der Waals surface area contributed by atoms with Crippen molar-refractivity contribution < 1.29 is 4.74 Å². The van der Waals surface area contributed by atoms with Gasteiger partial charge in [-0.3, -0.25) is 4.90 Å². The third-order valence-electron chi connectivity index (χ3n) is 1.74. The average Bonchev–Trinajstić information content (AvgIpc) is 2.02. The predicted octanol–water partition coefficient (Wildman–Crippen LogP) is 1.26. The lowest BCUT2D eigenvalue weighted by molar-refractivity contribution is 0.0611. The van der Waals surface area contributed by atoms with E-state index in [0.29, 0.717) is 6.61 Å². The molecule has 3 heteroatoms. The van der Waals surface area contributed by atoms with Crippen LogP contribution in [-0.4, -0.2) is 37.2 Å². The first-order valence-corrected chi connectivity index (χ1v) is 4.29. The predicted molar refractivity (Wildman–Crippen MR) is 48.8 cm³/mol. The molecule has 0 aliphatic rings. The van der Waals surface area contributed by atoms with Crippen LogP contribution in [0.1, 0.15) is 20.8 Å². The summed E-state index contributed by atoms with van der Waals surface area (Å²) in [4.78, 5) is 1.97. The van der Waals surface area contributed by atoms with Crippen LogP contribution in [0.15, 0.2) is 0 Å². The van der Waals surface area contributed by atoms with Gasteiger partial charge in [-0.05, 0) is 27.8 Å². The van der Waals surface area contributed by atoms with Gasteiger partial charge < -0.3 is 4.74 Å². The fourth-order valence-corrected chi connectivity index (χ4v) is 0.725. The van der Waals surface area contributed by atoms with Gasteiger partial charge in [0.15, 0.2) is 0 Å². The van der Waals surface area contributed by atoms with E-state index in [1.165, 1.54) is 0 Å². The van der Waals surface area contributed by atoms with Gasteiger partial charge in [0.25, 0.3) is 0 Å². The number of likely N-dealkylation sites (N-methyl/N-ethyl adjacent to an activating group) is 1. The Balaban J connectivity index is 3.45. The number of hydrogen-bond acceptors (Lipinski definition) is 3. The molecule has 0 aromatic carbocycles. The van der Waals surface area contributed by atoms with Gasteiger partial charge >= 0.3 is 0 Å². The SMILES string of the molecule is CC(C)OCCN(C)C(C)C#N. The summed E-state index contributed by atoms with van der Waals surface area (Å²) in [5, 5.41) is 8.58. The first kappa shape index (κ1) is 11.4. The van der Waals surface area contributed by atoms with Crippen molar-refractivity contribution in [2.75, 3.05) is 20.2 Å². The summed E-state index contributed by atoms with van der Waals surface area (Å²) in [6, 6.07) is 2.15. The summed E-state index contributed by atoms with van der Waals surface area (Å²) in [6.45, 7) is 7.41. The molecule has 0 rings (SSSR count). The van der Waals surface area contributed by atoms with E-state index in [4.69, 9.17) is 10.00 Å². The maximum absolute atomic E-state index is 8.58. The van der Waals surface area contributed by atoms with E-state index in [1.54, 1.807) is 0 Å². The smallest absolute Gasteiger partial charge is 0.0947 e. The summed E-state index contributed by atoms with van der Waals surface area (Å²) in [5.41, 5.74) is 0. The quantitative estimate of drug-likeness (QED) is 0.623. The number of nitrogens with zero attached hydrogens (tertiary/aromatic N) is 2. The first-order valence-electron chi connectivity index (χ1n) is 4.29. The molecule has 0 aromatic heterocycles. The van der Waals surface area contributed by atoms with E-state index in [0.717, 1.165) is 6.54 Å². The van der Waals surface area contributed by atoms with E-state index < -0.39 is 0 Å². The van der Waals surface area contributed by atoms with Crippen LogP contribution >= 0.6 is 0 Å². The van der Waals surface area contributed by atoms with Crippen molar-refractivity contribution in [1.82, 2.24) is 4.90 Å². The number of rotatable bonds is 5. The highest BCUT2D eigenvalue weighted by molar-refractivity contribution is 4.86. The van der Waals surface area contributed by atoms with Crippen molar-refractivity contribution in [3.63, 3.8) is 0 Å². The Morgan fingerprint density at radius 2 is 2.00 bits per heavy atom. The molecule has 0 spiro atoms. The molecular weight excluding hydrogens is 152 g/mol. The van der Waals surface area contributed by atoms with Crippen LogP contribution in [0.4, 0.5) is 0 Å². The summed E-state index contributed by atoms with van der Waals surface area (Å²) < 4.78 is 5.36. The second-order valence-electron chi connectivity index (χ2n) is 3.21. The molecule has 0 saturated carbocycles. The highest BCUT2D eigenvalue weighted by atomic mass is 16.5. The maximum Gasteiger partial charge on any atom is 0.0947 e. The molecule has 70 valence electrons. The third-order valence-corrected chi connectivity index (χ3v) is 1.74. The van der Waals surface area contributed by atoms with Gasteiger partial charge in [-0.1, -0.05) is 0 Å². The molecule has 3 nitrogen and oxygen atoms in total. The second-order valence-corrected chi connectivity index (χ2v) is 3.21. The summed E-state index contributed by atoms with van der Waals surface area (Å²) in [6.07, 6.45) is 0.274. The lowest BCUT2D eigenvalue weighted by atomic mass is 10.3. The van der Waals surface area contributed by atoms with Crippen molar-refractivity contribution in [2.45, 2.75) is 32.9 Å². The van der Waals surface area contributed by atoms with Crippen LogP contribution in [0.3, 0.4) is 0 Å². The zero-order valence-electron chi connectivity index (χ0n) is 8.37. The van der Waals surface area contributed by atoms with Crippen LogP contribution in [-0.2, 0) is 4.74 Å². The van der Waals surface area contributed by atoms with E-state index in [-0.39, 0.29) is 12.1 Å². The van der Waals surface area contributed by atoms with Gasteiger partial charge in [0.1, 0.15) is 0 Å². The van der Waals surface area contributed by atoms with Crippen LogP contribution in [0, 0.1) is 11.3 Å². The number of hydrogen-bond donors (Lipinski definition) is 0. The van der Waals surface area contributed by atoms with Crippen molar-refractivity contribution in [3.8, 4) is 6.07 Å². The molecule has 0 saturated heterocycles. The van der Waals surface area contributed by atoms with Gasteiger partial charge in [0, 0.05) is 6.54 Å². The fourth-order valence-electron chi connectivity index (χ4n) is 0.725. The van der Waals surface area contributed by atoms with Crippen molar-refractivity contribution in [1.29, 1.82) is 5.26 Å². The van der Waals surface area contributed by atoms with Gasteiger partial charge in [-0.2, -0.15) is 5.26 Å². The molecule has 0 N–H and O–H groups in total. The summed E-state index contributed by atoms with van der Waals surface area (Å²) in [5.74, 6) is 0. The molecule has 0 aliphatic heterocycles. The molecule has 0 bridgehead atoms. The van der Waals surface area contributed by atoms with Gasteiger partial charge in [0.2, 0.25) is 0 Å². The molecule has 12 heavy (non-hydrogen) atoms. The van der Waals surface area contributed by atoms with E-state index in [2.05, 4.69) is 6.07 Å². The average molecular weight is 170 g/mol. The summed E-state index contributed by atoms with van der Waals surface area (Å²) >= 11 is 0. The minimum atomic E-state index is -0.0271. The van der Waals surface area contributed by atoms with Gasteiger partial charge in [-0.25, -0.2) is 0 Å². The normalized spacial score (nSPS) is 13.4. The standard InChI is InChI=1S/C9H18N2O/c1-8(2)12-6-5-11(4)9(3)7-10/h8-9H,5-6H2,1-4H3. The molecule has 0 radical (unpaired) electrons. The van der Waals surface area contributed by atoms with E-state index >= 15 is 0 Å². The number of ether oxygens (including phenoxy) is 1. The molecule has 0 aromatic rings. The highest BCUT2D eigenvalue weighted by Gasteiger charge is 2.06. The van der Waals surface area contributed by atoms with Crippen LogP contribution in [0.25, 0.3) is 0 Å². The Labute approximate surface area is 74.9 Å². The van der Waals surface area contributed by atoms with Gasteiger partial charge in [-0.15, -0.1) is 0 Å². The zero-order valence-corrected chi connectivity index (χ0v) is 8.37. The summed E-state index contributed by atoms with van der Waals surface area (Å²) in [7, 11) is 1.93. The van der Waals surface area contributed by atoms with Crippen LogP contribution < -0.4 is 0 Å². The van der Waals surface area contributed by atoms with Gasteiger partial charge in [0.05, 0.1) is 24.8 Å². The zero-order chi connectivity index (χ0) is 9.56. The largest absolute Gasteiger partial charge is 0.377 e. The Morgan fingerprint density at radius 1 is 1.42 bits per heavy atom. The molecule has 1 unspecified atom stereocenters. The molecule has 0 aliphatic carbocycles. The number of nitriles is 1. The first-order chi connectivity index (χ1) is 5.57. The molecular formula is C9H18N2O. The van der Waals surface area contributed by atoms with E-state index in [9.17, 15) is 0 Å².